The van der Waals surface area contributed by atoms with Gasteiger partial charge >= 0.3 is 0 Å². The molecule has 0 amide bonds. The van der Waals surface area contributed by atoms with Gasteiger partial charge in [0.2, 0.25) is 0 Å². The lowest BCUT2D eigenvalue weighted by atomic mass is 10.0. The summed E-state index contributed by atoms with van der Waals surface area (Å²) in [5.74, 6) is -0.339. The van der Waals surface area contributed by atoms with Crippen molar-refractivity contribution in [3.8, 4) is 11.1 Å². The summed E-state index contributed by atoms with van der Waals surface area (Å²) in [5.41, 5.74) is 7.57. The molecule has 3 aromatic rings. The molecule has 6 heteroatoms. The zero-order valence-electron chi connectivity index (χ0n) is 10.9. The minimum absolute atomic E-state index is 0.114. The standard InChI is InChI=1S/C15H11ClFN3O/c16-20-14(21)4-2-12-11(5-6-19-15(12)20)9-1-3-13(17)10(7-9)8-18/h1-7H,8,18H2. The van der Waals surface area contributed by atoms with Gasteiger partial charge in [-0.05, 0) is 35.4 Å². The number of benzene rings is 1. The smallest absolute Gasteiger partial charge is 0.266 e. The SMILES string of the molecule is NCc1cc(-c2ccnc3c2ccc(=O)n3Cl)ccc1F. The van der Waals surface area contributed by atoms with Crippen molar-refractivity contribution in [3.63, 3.8) is 0 Å². The zero-order chi connectivity index (χ0) is 15.0. The van der Waals surface area contributed by atoms with E-state index in [1.54, 1.807) is 30.5 Å². The average Bonchev–Trinajstić information content (AvgIpc) is 2.51. The summed E-state index contributed by atoms with van der Waals surface area (Å²) >= 11 is 5.93. The molecule has 21 heavy (non-hydrogen) atoms. The molecule has 0 radical (unpaired) electrons. The van der Waals surface area contributed by atoms with Crippen molar-refractivity contribution in [2.24, 2.45) is 5.73 Å². The van der Waals surface area contributed by atoms with E-state index in [0.29, 0.717) is 16.6 Å². The third kappa shape index (κ3) is 2.30. The fourth-order valence-corrected chi connectivity index (χ4v) is 2.45. The quantitative estimate of drug-likeness (QED) is 0.792. The van der Waals surface area contributed by atoms with E-state index in [0.717, 1.165) is 15.2 Å². The van der Waals surface area contributed by atoms with Crippen LogP contribution in [0, 0.1) is 5.82 Å². The van der Waals surface area contributed by atoms with Crippen LogP contribution in [0.15, 0.2) is 47.4 Å². The highest BCUT2D eigenvalue weighted by Crippen LogP contribution is 2.28. The molecule has 2 heterocycles. The molecule has 106 valence electrons. The van der Waals surface area contributed by atoms with Crippen LogP contribution in [0.3, 0.4) is 0 Å². The molecule has 0 fully saturated rings. The van der Waals surface area contributed by atoms with E-state index < -0.39 is 0 Å². The van der Waals surface area contributed by atoms with Gasteiger partial charge in [-0.2, -0.15) is 4.09 Å². The first-order valence-corrected chi connectivity index (χ1v) is 6.61. The third-order valence-corrected chi connectivity index (χ3v) is 3.64. The molecular formula is C15H11ClFN3O. The Bertz CT molecular complexity index is 892. The van der Waals surface area contributed by atoms with Crippen LogP contribution >= 0.6 is 11.8 Å². The summed E-state index contributed by atoms with van der Waals surface area (Å²) in [6.45, 7) is 0.114. The van der Waals surface area contributed by atoms with Crippen LogP contribution < -0.4 is 11.3 Å². The lowest BCUT2D eigenvalue weighted by molar-refractivity contribution is 0.611. The number of fused-ring (bicyclic) bond motifs is 1. The minimum Gasteiger partial charge on any atom is -0.326 e. The van der Waals surface area contributed by atoms with Crippen molar-refractivity contribution >= 4 is 22.8 Å². The summed E-state index contributed by atoms with van der Waals surface area (Å²) in [5, 5.41) is 0.710. The first kappa shape index (κ1) is 13.7. The first-order valence-electron chi connectivity index (χ1n) is 6.27. The predicted octanol–water partition coefficient (Wildman–Crippen LogP) is 2.66. The summed E-state index contributed by atoms with van der Waals surface area (Å²) in [6.07, 6.45) is 1.56. The molecule has 0 saturated carbocycles. The number of rotatable bonds is 2. The highest BCUT2D eigenvalue weighted by atomic mass is 35.5. The molecule has 2 N–H and O–H groups in total. The van der Waals surface area contributed by atoms with Crippen LogP contribution in [0.2, 0.25) is 0 Å². The van der Waals surface area contributed by atoms with E-state index in [4.69, 9.17) is 17.5 Å². The third-order valence-electron chi connectivity index (χ3n) is 3.32. The number of nitrogens with zero attached hydrogens (tertiary/aromatic N) is 2. The number of hydrogen-bond donors (Lipinski definition) is 1. The summed E-state index contributed by atoms with van der Waals surface area (Å²) in [4.78, 5) is 15.7. The molecule has 0 atom stereocenters. The Labute approximate surface area is 124 Å². The van der Waals surface area contributed by atoms with Crippen molar-refractivity contribution in [1.82, 2.24) is 9.07 Å². The van der Waals surface area contributed by atoms with Gasteiger partial charge in [0.15, 0.2) is 5.65 Å². The Hall–Kier alpha value is -2.24. The van der Waals surface area contributed by atoms with Crippen LogP contribution in [0.1, 0.15) is 5.56 Å². The Morgan fingerprint density at radius 3 is 2.81 bits per heavy atom. The van der Waals surface area contributed by atoms with Crippen molar-refractivity contribution in [2.45, 2.75) is 6.54 Å². The highest BCUT2D eigenvalue weighted by molar-refractivity contribution is 6.18. The molecular weight excluding hydrogens is 293 g/mol. The maximum Gasteiger partial charge on any atom is 0.266 e. The van der Waals surface area contributed by atoms with Gasteiger partial charge in [-0.15, -0.1) is 0 Å². The number of nitrogens with two attached hydrogens (primary N) is 1. The van der Waals surface area contributed by atoms with E-state index in [-0.39, 0.29) is 17.9 Å². The van der Waals surface area contributed by atoms with Gasteiger partial charge in [-0.1, -0.05) is 6.07 Å². The summed E-state index contributed by atoms with van der Waals surface area (Å²) in [6, 6.07) is 9.54. The van der Waals surface area contributed by atoms with Crippen LogP contribution in [0.5, 0.6) is 0 Å². The second-order valence-electron chi connectivity index (χ2n) is 4.56. The predicted molar refractivity (Wildman–Crippen MR) is 80.5 cm³/mol. The molecule has 0 bridgehead atoms. The van der Waals surface area contributed by atoms with E-state index in [1.807, 2.05) is 0 Å². The van der Waals surface area contributed by atoms with E-state index in [9.17, 15) is 9.18 Å². The second-order valence-corrected chi connectivity index (χ2v) is 4.90. The minimum atomic E-state index is -0.351. The van der Waals surface area contributed by atoms with Gasteiger partial charge in [0, 0.05) is 41.5 Å². The molecule has 2 aromatic heterocycles. The van der Waals surface area contributed by atoms with Gasteiger partial charge < -0.3 is 5.73 Å². The Balaban J connectivity index is 2.31. The molecule has 0 aliphatic carbocycles. The number of aromatic nitrogens is 2. The fraction of sp³-hybridized carbons (Fsp3) is 0.0667. The first-order chi connectivity index (χ1) is 10.1. The van der Waals surface area contributed by atoms with Crippen molar-refractivity contribution in [2.75, 3.05) is 0 Å². The Morgan fingerprint density at radius 2 is 2.05 bits per heavy atom. The highest BCUT2D eigenvalue weighted by Gasteiger charge is 2.10. The Morgan fingerprint density at radius 1 is 1.24 bits per heavy atom. The molecule has 0 saturated heterocycles. The Kier molecular flexibility index (Phi) is 3.45. The fourth-order valence-electron chi connectivity index (χ4n) is 2.26. The average molecular weight is 304 g/mol. The molecule has 0 spiro atoms. The van der Waals surface area contributed by atoms with Crippen molar-refractivity contribution in [1.29, 1.82) is 0 Å². The van der Waals surface area contributed by atoms with Crippen LogP contribution in [-0.2, 0) is 6.54 Å². The topological polar surface area (TPSA) is 60.9 Å². The van der Waals surface area contributed by atoms with Gasteiger partial charge in [0.05, 0.1) is 0 Å². The number of hydrogen-bond acceptors (Lipinski definition) is 3. The van der Waals surface area contributed by atoms with Gasteiger partial charge in [-0.25, -0.2) is 9.37 Å². The summed E-state index contributed by atoms with van der Waals surface area (Å²) in [7, 11) is 0. The molecule has 0 aliphatic rings. The van der Waals surface area contributed by atoms with Crippen LogP contribution in [-0.4, -0.2) is 9.07 Å². The number of halogens is 2. The molecule has 0 unspecified atom stereocenters. The second kappa shape index (κ2) is 5.27. The van der Waals surface area contributed by atoms with Crippen LogP contribution in [0.25, 0.3) is 22.2 Å². The van der Waals surface area contributed by atoms with E-state index in [1.165, 1.54) is 12.1 Å². The van der Waals surface area contributed by atoms with E-state index >= 15 is 0 Å². The van der Waals surface area contributed by atoms with Gasteiger partial charge in [0.25, 0.3) is 5.56 Å². The normalized spacial score (nSPS) is 11.0. The molecule has 1 aromatic carbocycles. The zero-order valence-corrected chi connectivity index (χ0v) is 11.6. The molecule has 4 nitrogen and oxygen atoms in total. The number of pyridine rings is 2. The summed E-state index contributed by atoms with van der Waals surface area (Å²) < 4.78 is 14.5. The van der Waals surface area contributed by atoms with Gasteiger partial charge in [-0.3, -0.25) is 4.79 Å². The van der Waals surface area contributed by atoms with Crippen molar-refractivity contribution in [3.05, 3.63) is 64.3 Å². The van der Waals surface area contributed by atoms with Crippen molar-refractivity contribution < 1.29 is 4.39 Å². The lowest BCUT2D eigenvalue weighted by Crippen LogP contribution is -2.12. The molecule has 3 rings (SSSR count). The monoisotopic (exact) mass is 303 g/mol. The molecule has 0 aliphatic heterocycles. The van der Waals surface area contributed by atoms with Crippen LogP contribution in [0.4, 0.5) is 4.39 Å². The lowest BCUT2D eigenvalue weighted by Gasteiger charge is -2.09. The maximum atomic E-state index is 13.6. The van der Waals surface area contributed by atoms with Gasteiger partial charge in [0.1, 0.15) is 5.82 Å². The largest absolute Gasteiger partial charge is 0.326 e. The van der Waals surface area contributed by atoms with E-state index in [2.05, 4.69) is 4.98 Å². The maximum absolute atomic E-state index is 13.6.